The Bertz CT molecular complexity index is 1240. The van der Waals surface area contributed by atoms with Gasteiger partial charge in [-0.25, -0.2) is 4.79 Å². The molecule has 0 bridgehead atoms. The Hall–Kier alpha value is -4.00. The van der Waals surface area contributed by atoms with Crippen molar-refractivity contribution in [1.29, 1.82) is 0 Å². The van der Waals surface area contributed by atoms with Crippen LogP contribution in [0.5, 0.6) is 0 Å². The number of para-hydroxylation sites is 1. The number of tetrazole rings is 1. The fraction of sp³-hybridized carbons (Fsp3) is 0.231. The molecule has 0 saturated heterocycles. The first kappa shape index (κ1) is 22.2. The molecule has 1 heterocycles. The quantitative estimate of drug-likeness (QED) is 0.387. The van der Waals surface area contributed by atoms with Gasteiger partial charge in [0.25, 0.3) is 5.95 Å². The van der Waals surface area contributed by atoms with E-state index in [4.69, 9.17) is 0 Å². The summed E-state index contributed by atoms with van der Waals surface area (Å²) in [6.07, 6.45) is 2.02. The molecule has 33 heavy (non-hydrogen) atoms. The summed E-state index contributed by atoms with van der Waals surface area (Å²) in [5.74, 6) is -0.273. The minimum absolute atomic E-state index is 0.294. The van der Waals surface area contributed by atoms with Crippen LogP contribution in [0.25, 0.3) is 16.8 Å². The summed E-state index contributed by atoms with van der Waals surface area (Å²) in [6.45, 7) is 5.49. The SMILES string of the molecule is CCCCN(Cc1ccc(C(=O)O)c(-c2ccccc2C)c1)c1nnnn1-c1ccccc1. The standard InChI is InChI=1S/C26H27N5O2/c1-3-4-16-30(26-27-28-29-31(26)21-11-6-5-7-12-21)18-20-14-15-23(25(32)33)24(17-20)22-13-9-8-10-19(22)2/h5-15,17H,3-4,16,18H2,1-2H3,(H,32,33). The van der Waals surface area contributed by atoms with Crippen molar-refractivity contribution in [2.75, 3.05) is 11.4 Å². The van der Waals surface area contributed by atoms with Crippen LogP contribution in [0.1, 0.15) is 41.3 Å². The molecular weight excluding hydrogens is 414 g/mol. The Morgan fingerprint density at radius 3 is 2.48 bits per heavy atom. The van der Waals surface area contributed by atoms with Gasteiger partial charge in [-0.05, 0) is 70.3 Å². The highest BCUT2D eigenvalue weighted by Crippen LogP contribution is 2.29. The van der Waals surface area contributed by atoms with Crippen molar-refractivity contribution in [2.24, 2.45) is 0 Å². The molecule has 0 aliphatic heterocycles. The number of carbonyl (C=O) groups is 1. The molecule has 3 aromatic carbocycles. The van der Waals surface area contributed by atoms with Gasteiger partial charge >= 0.3 is 5.97 Å². The second-order valence-corrected chi connectivity index (χ2v) is 8.00. The number of rotatable bonds is 9. The van der Waals surface area contributed by atoms with Crippen molar-refractivity contribution in [3.05, 3.63) is 89.5 Å². The van der Waals surface area contributed by atoms with Crippen LogP contribution in [0.4, 0.5) is 5.95 Å². The maximum Gasteiger partial charge on any atom is 0.336 e. The lowest BCUT2D eigenvalue weighted by Crippen LogP contribution is -2.27. The number of carboxylic acid groups (broad SMARTS) is 1. The molecule has 0 aliphatic rings. The number of benzene rings is 3. The third-order valence-corrected chi connectivity index (χ3v) is 5.64. The topological polar surface area (TPSA) is 84.1 Å². The van der Waals surface area contributed by atoms with Crippen molar-refractivity contribution in [3.63, 3.8) is 0 Å². The third kappa shape index (κ3) is 4.92. The first-order chi connectivity index (χ1) is 16.1. The first-order valence-electron chi connectivity index (χ1n) is 11.1. The average molecular weight is 442 g/mol. The monoisotopic (exact) mass is 441 g/mol. The molecule has 0 fully saturated rings. The van der Waals surface area contributed by atoms with E-state index >= 15 is 0 Å². The lowest BCUT2D eigenvalue weighted by Gasteiger charge is -2.23. The Kier molecular flexibility index (Phi) is 6.78. The van der Waals surface area contributed by atoms with Gasteiger partial charge in [-0.1, -0.05) is 67.0 Å². The van der Waals surface area contributed by atoms with Crippen molar-refractivity contribution < 1.29 is 9.90 Å². The number of hydrogen-bond donors (Lipinski definition) is 1. The Morgan fingerprint density at radius 2 is 1.76 bits per heavy atom. The van der Waals surface area contributed by atoms with Gasteiger partial charge in [0.1, 0.15) is 0 Å². The van der Waals surface area contributed by atoms with E-state index in [-0.39, 0.29) is 0 Å². The van der Waals surface area contributed by atoms with Crippen molar-refractivity contribution in [1.82, 2.24) is 20.2 Å². The zero-order valence-electron chi connectivity index (χ0n) is 18.8. The second kappa shape index (κ2) is 10.1. The van der Waals surface area contributed by atoms with Gasteiger partial charge in [-0.3, -0.25) is 0 Å². The van der Waals surface area contributed by atoms with Gasteiger partial charge in [0, 0.05) is 13.1 Å². The minimum Gasteiger partial charge on any atom is -0.478 e. The van der Waals surface area contributed by atoms with E-state index in [1.807, 2.05) is 73.7 Å². The molecule has 4 aromatic rings. The van der Waals surface area contributed by atoms with E-state index in [1.54, 1.807) is 10.7 Å². The fourth-order valence-electron chi connectivity index (χ4n) is 3.91. The van der Waals surface area contributed by atoms with Gasteiger partial charge in [0.05, 0.1) is 11.3 Å². The second-order valence-electron chi connectivity index (χ2n) is 8.00. The molecule has 0 atom stereocenters. The molecule has 0 unspecified atom stereocenters. The normalized spacial score (nSPS) is 10.8. The predicted molar refractivity (Wildman–Crippen MR) is 129 cm³/mol. The average Bonchev–Trinajstić information content (AvgIpc) is 3.32. The molecule has 7 nitrogen and oxygen atoms in total. The summed E-state index contributed by atoms with van der Waals surface area (Å²) in [7, 11) is 0. The molecule has 7 heteroatoms. The highest BCUT2D eigenvalue weighted by molar-refractivity contribution is 5.96. The molecule has 168 valence electrons. The zero-order valence-corrected chi connectivity index (χ0v) is 18.8. The summed E-state index contributed by atoms with van der Waals surface area (Å²) in [4.78, 5) is 14.1. The van der Waals surface area contributed by atoms with Crippen LogP contribution in [0.3, 0.4) is 0 Å². The summed E-state index contributed by atoms with van der Waals surface area (Å²) < 4.78 is 1.74. The lowest BCUT2D eigenvalue weighted by molar-refractivity contribution is 0.0697. The smallest absolute Gasteiger partial charge is 0.336 e. The summed E-state index contributed by atoms with van der Waals surface area (Å²) in [5.41, 5.74) is 4.86. The van der Waals surface area contributed by atoms with Crippen molar-refractivity contribution in [2.45, 2.75) is 33.2 Å². The number of aromatic nitrogens is 4. The van der Waals surface area contributed by atoms with Crippen LogP contribution >= 0.6 is 0 Å². The highest BCUT2D eigenvalue weighted by atomic mass is 16.4. The van der Waals surface area contributed by atoms with Gasteiger partial charge in [-0.2, -0.15) is 4.68 Å². The maximum absolute atomic E-state index is 11.9. The number of hydrogen-bond acceptors (Lipinski definition) is 5. The molecular formula is C26H27N5O2. The van der Waals surface area contributed by atoms with Crippen LogP contribution in [-0.4, -0.2) is 37.8 Å². The molecule has 1 N–H and O–H groups in total. The third-order valence-electron chi connectivity index (χ3n) is 5.64. The maximum atomic E-state index is 11.9. The van der Waals surface area contributed by atoms with E-state index in [1.165, 1.54) is 0 Å². The van der Waals surface area contributed by atoms with Crippen LogP contribution in [0.15, 0.2) is 72.8 Å². The number of nitrogens with zero attached hydrogens (tertiary/aromatic N) is 5. The van der Waals surface area contributed by atoms with Crippen molar-refractivity contribution in [3.8, 4) is 16.8 Å². The van der Waals surface area contributed by atoms with Gasteiger partial charge in [0.15, 0.2) is 0 Å². The summed E-state index contributed by atoms with van der Waals surface area (Å²) in [6, 6.07) is 23.2. The van der Waals surface area contributed by atoms with E-state index < -0.39 is 5.97 Å². The lowest BCUT2D eigenvalue weighted by atomic mass is 9.94. The van der Waals surface area contributed by atoms with Crippen LogP contribution < -0.4 is 4.90 Å². The van der Waals surface area contributed by atoms with Crippen LogP contribution in [-0.2, 0) is 6.54 Å². The number of aromatic carboxylic acids is 1. The number of aryl methyl sites for hydroxylation is 1. The first-order valence-corrected chi connectivity index (χ1v) is 11.1. The molecule has 0 spiro atoms. The largest absolute Gasteiger partial charge is 0.478 e. The van der Waals surface area contributed by atoms with Crippen LogP contribution in [0, 0.1) is 6.92 Å². The highest BCUT2D eigenvalue weighted by Gasteiger charge is 2.19. The molecule has 1 aromatic heterocycles. The van der Waals surface area contributed by atoms with Crippen molar-refractivity contribution >= 4 is 11.9 Å². The Morgan fingerprint density at radius 1 is 1.00 bits per heavy atom. The molecule has 0 amide bonds. The van der Waals surface area contributed by atoms with Gasteiger partial charge in [0.2, 0.25) is 0 Å². The fourth-order valence-corrected chi connectivity index (χ4v) is 3.91. The summed E-state index contributed by atoms with van der Waals surface area (Å²) in [5, 5.41) is 22.2. The molecule has 4 rings (SSSR count). The number of anilines is 1. The van der Waals surface area contributed by atoms with Gasteiger partial charge < -0.3 is 10.0 Å². The predicted octanol–water partition coefficient (Wildman–Crippen LogP) is 5.14. The van der Waals surface area contributed by atoms with E-state index in [0.29, 0.717) is 18.1 Å². The van der Waals surface area contributed by atoms with E-state index in [9.17, 15) is 9.90 Å². The minimum atomic E-state index is -0.935. The zero-order chi connectivity index (χ0) is 23.2. The van der Waals surface area contributed by atoms with E-state index in [0.717, 1.165) is 47.3 Å². The molecule has 0 saturated carbocycles. The molecule has 0 radical (unpaired) electrons. The van der Waals surface area contributed by atoms with Crippen LogP contribution in [0.2, 0.25) is 0 Å². The summed E-state index contributed by atoms with van der Waals surface area (Å²) >= 11 is 0. The Balaban J connectivity index is 1.73. The van der Waals surface area contributed by atoms with E-state index in [2.05, 4.69) is 27.3 Å². The Labute approximate surface area is 193 Å². The number of carboxylic acids is 1. The van der Waals surface area contributed by atoms with Gasteiger partial charge in [-0.15, -0.1) is 0 Å². The number of unbranched alkanes of at least 4 members (excludes halogenated alkanes) is 1. The molecule has 0 aliphatic carbocycles.